The molecule has 4 aromatic carbocycles. The molecule has 4 aromatic rings. The van der Waals surface area contributed by atoms with Crippen molar-refractivity contribution in [3.05, 3.63) is 100 Å². The summed E-state index contributed by atoms with van der Waals surface area (Å²) in [7, 11) is -3.46. The molecule has 5 atom stereocenters. The molecule has 1 N–H and O–H groups in total. The van der Waals surface area contributed by atoms with Crippen molar-refractivity contribution in [2.24, 2.45) is 5.92 Å². The minimum atomic E-state index is -3.46. The van der Waals surface area contributed by atoms with Crippen LogP contribution in [0.2, 0.25) is 18.6 Å². The lowest BCUT2D eigenvalue weighted by Crippen LogP contribution is -2.45. The van der Waals surface area contributed by atoms with Gasteiger partial charge in [0.15, 0.2) is 5.60 Å². The molecule has 0 radical (unpaired) electrons. The van der Waals surface area contributed by atoms with E-state index in [1.807, 2.05) is 85.8 Å². The molecule has 11 heteroatoms. The number of hydrogen-bond acceptors (Lipinski definition) is 5. The number of carbonyl (C=O) groups excluding carboxylic acids is 3. The van der Waals surface area contributed by atoms with E-state index >= 15 is 4.11 Å². The van der Waals surface area contributed by atoms with Gasteiger partial charge in [-0.2, -0.15) is 0 Å². The summed E-state index contributed by atoms with van der Waals surface area (Å²) >= 11 is 3.59. The van der Waals surface area contributed by atoms with E-state index in [2.05, 4.69) is 15.9 Å². The lowest BCUT2D eigenvalue weighted by atomic mass is 9.82. The fourth-order valence-electron chi connectivity index (χ4n) is 9.12. The van der Waals surface area contributed by atoms with Gasteiger partial charge in [0.1, 0.15) is 0 Å². The van der Waals surface area contributed by atoms with Crippen LogP contribution in [0.5, 0.6) is 0 Å². The number of carbonyl (C=O) groups is 3. The first-order valence-electron chi connectivity index (χ1n) is 17.3. The second kappa shape index (κ2) is 12.1. The van der Waals surface area contributed by atoms with Crippen LogP contribution in [0.25, 0.3) is 10.8 Å². The highest BCUT2D eigenvalue weighted by Gasteiger charge is 2.67. The summed E-state index contributed by atoms with van der Waals surface area (Å²) in [6, 6.07) is 24.7. The molecule has 50 heavy (non-hydrogen) atoms. The Morgan fingerprint density at radius 2 is 1.78 bits per heavy atom. The predicted molar refractivity (Wildman–Crippen MR) is 197 cm³/mol. The maximum Gasteiger partial charge on any atom is 0.264 e. The lowest BCUT2D eigenvalue weighted by Gasteiger charge is -2.31. The standard InChI is InChI=1S/C39H39BrFN3O5Si/c1-23-36(50(2,3)41)33(20-34(46)42-18-6-9-28(42)22-45)49-39(23)30-19-26(40)14-17-31(30)43(38(39)48)21-24-12-15-27(16-13-24)44-32-11-5-8-25-7-4-10-29(35(25)32)37(44)47/h4-5,7-8,10-17,19,23,28,33,36,45H,6,9,18,20-22H2,1-3H3/t23-,28-,33+,36-,39+/m0/s1. The molecule has 4 aliphatic rings. The highest BCUT2D eigenvalue weighted by Crippen LogP contribution is 2.60. The van der Waals surface area contributed by atoms with E-state index < -0.39 is 31.6 Å². The van der Waals surface area contributed by atoms with Gasteiger partial charge in [0.2, 0.25) is 14.3 Å². The van der Waals surface area contributed by atoms with E-state index in [9.17, 15) is 19.5 Å². The van der Waals surface area contributed by atoms with Crippen molar-refractivity contribution in [3.63, 3.8) is 0 Å². The number of nitrogens with zero attached hydrogens (tertiary/aromatic N) is 3. The van der Waals surface area contributed by atoms with Gasteiger partial charge in [0.05, 0.1) is 48.7 Å². The Bertz CT molecular complexity index is 2050. The molecule has 8 rings (SSSR count). The average Bonchev–Trinajstić information content (AvgIpc) is 3.82. The van der Waals surface area contributed by atoms with Crippen LogP contribution >= 0.6 is 15.9 Å². The van der Waals surface area contributed by atoms with Crippen molar-refractivity contribution in [2.45, 2.75) is 69.1 Å². The average molecular weight is 757 g/mol. The third kappa shape index (κ3) is 4.99. The van der Waals surface area contributed by atoms with Gasteiger partial charge in [-0.05, 0) is 79.3 Å². The van der Waals surface area contributed by atoms with Gasteiger partial charge in [-0.25, -0.2) is 0 Å². The minimum Gasteiger partial charge on any atom is -0.394 e. The zero-order valence-electron chi connectivity index (χ0n) is 28.2. The normalized spacial score (nSPS) is 25.8. The Morgan fingerprint density at radius 3 is 2.50 bits per heavy atom. The highest BCUT2D eigenvalue weighted by atomic mass is 79.9. The van der Waals surface area contributed by atoms with E-state index in [1.54, 1.807) is 27.8 Å². The number of fused-ring (bicyclic) bond motifs is 2. The van der Waals surface area contributed by atoms with Gasteiger partial charge >= 0.3 is 0 Å². The number of halogens is 2. The van der Waals surface area contributed by atoms with Crippen molar-refractivity contribution in [1.29, 1.82) is 0 Å². The number of hydrogen-bond donors (Lipinski definition) is 1. The Hall–Kier alpha value is -3.90. The molecular formula is C39H39BrFN3O5Si. The summed E-state index contributed by atoms with van der Waals surface area (Å²) in [5.41, 5.74) is 2.40. The second-order valence-electron chi connectivity index (χ2n) is 14.6. The Balaban J connectivity index is 1.10. The molecule has 4 aliphatic heterocycles. The first kappa shape index (κ1) is 33.3. The third-order valence-electron chi connectivity index (χ3n) is 11.3. The Morgan fingerprint density at radius 1 is 1.04 bits per heavy atom. The molecule has 3 amide bonds. The zero-order chi connectivity index (χ0) is 35.1. The number of aliphatic hydroxyl groups is 1. The smallest absolute Gasteiger partial charge is 0.264 e. The van der Waals surface area contributed by atoms with Crippen molar-refractivity contribution < 1.29 is 28.3 Å². The van der Waals surface area contributed by atoms with Crippen molar-refractivity contribution in [2.75, 3.05) is 23.0 Å². The summed E-state index contributed by atoms with van der Waals surface area (Å²) in [6.45, 7) is 5.83. The van der Waals surface area contributed by atoms with E-state index in [-0.39, 0.29) is 43.3 Å². The molecule has 2 saturated heterocycles. The van der Waals surface area contributed by atoms with Gasteiger partial charge < -0.3 is 23.8 Å². The molecule has 0 unspecified atom stereocenters. The maximum atomic E-state index is 16.3. The summed E-state index contributed by atoms with van der Waals surface area (Å²) in [5.74, 6) is -1.05. The predicted octanol–water partition coefficient (Wildman–Crippen LogP) is 7.59. The van der Waals surface area contributed by atoms with E-state index in [4.69, 9.17) is 4.74 Å². The fourth-order valence-corrected chi connectivity index (χ4v) is 12.0. The van der Waals surface area contributed by atoms with Crippen LogP contribution in [0.3, 0.4) is 0 Å². The van der Waals surface area contributed by atoms with E-state index in [1.165, 1.54) is 0 Å². The van der Waals surface area contributed by atoms with Crippen molar-refractivity contribution >= 4 is 69.9 Å². The quantitative estimate of drug-likeness (QED) is 0.155. The van der Waals surface area contributed by atoms with Crippen LogP contribution in [0.15, 0.2) is 83.3 Å². The summed E-state index contributed by atoms with van der Waals surface area (Å²) in [6.07, 6.45) is 0.711. The molecule has 0 aliphatic carbocycles. The van der Waals surface area contributed by atoms with Gasteiger partial charge in [0.25, 0.3) is 11.8 Å². The van der Waals surface area contributed by atoms with Crippen LogP contribution in [0, 0.1) is 5.92 Å². The lowest BCUT2D eigenvalue weighted by molar-refractivity contribution is -0.150. The van der Waals surface area contributed by atoms with Crippen molar-refractivity contribution in [1.82, 2.24) is 4.90 Å². The molecule has 4 heterocycles. The molecule has 8 nitrogen and oxygen atoms in total. The molecular weight excluding hydrogens is 717 g/mol. The fraction of sp³-hybridized carbons (Fsp3) is 0.359. The van der Waals surface area contributed by atoms with Crippen LogP contribution in [0.4, 0.5) is 21.2 Å². The number of ether oxygens (including phenoxy) is 1. The van der Waals surface area contributed by atoms with Gasteiger partial charge in [-0.1, -0.05) is 59.3 Å². The number of amides is 3. The second-order valence-corrected chi connectivity index (χ2v) is 19.3. The number of benzene rings is 4. The van der Waals surface area contributed by atoms with E-state index in [0.717, 1.165) is 45.0 Å². The SMILES string of the molecule is C[C@H]1[C@H]([Si](C)(C)F)[C@@H](CC(=O)N2CCC[C@H]2CO)O[C@]12C(=O)N(Cc1ccc(N3C(=O)c4cccc5cccc3c45)cc1)c1ccc(Br)cc12. The first-order chi connectivity index (χ1) is 23.9. The largest absolute Gasteiger partial charge is 0.394 e. The van der Waals surface area contributed by atoms with Crippen LogP contribution in [0.1, 0.15) is 47.7 Å². The molecule has 1 spiro atoms. The Labute approximate surface area is 300 Å². The topological polar surface area (TPSA) is 90.4 Å². The third-order valence-corrected chi connectivity index (χ3v) is 14.2. The number of likely N-dealkylation sites (tertiary alicyclic amines) is 1. The monoisotopic (exact) mass is 755 g/mol. The molecule has 258 valence electrons. The van der Waals surface area contributed by atoms with Crippen LogP contribution < -0.4 is 9.80 Å². The van der Waals surface area contributed by atoms with Gasteiger partial charge in [0, 0.05) is 39.1 Å². The number of rotatable bonds is 7. The summed E-state index contributed by atoms with van der Waals surface area (Å²) in [5, 5.41) is 11.8. The first-order valence-corrected chi connectivity index (χ1v) is 21.0. The van der Waals surface area contributed by atoms with Gasteiger partial charge in [-0.3, -0.25) is 19.3 Å². The number of anilines is 3. The maximum absolute atomic E-state index is 16.3. The molecule has 2 fully saturated rings. The van der Waals surface area contributed by atoms with Crippen molar-refractivity contribution in [3.8, 4) is 0 Å². The van der Waals surface area contributed by atoms with Crippen LogP contribution in [-0.4, -0.2) is 61.4 Å². The molecule has 0 bridgehead atoms. The minimum absolute atomic E-state index is 0.0432. The number of aliphatic hydroxyl groups excluding tert-OH is 1. The van der Waals surface area contributed by atoms with Crippen LogP contribution in [-0.2, 0) is 26.5 Å². The summed E-state index contributed by atoms with van der Waals surface area (Å²) < 4.78 is 23.9. The Kier molecular flexibility index (Phi) is 8.05. The summed E-state index contributed by atoms with van der Waals surface area (Å²) in [4.78, 5) is 47.1. The van der Waals surface area contributed by atoms with E-state index in [0.29, 0.717) is 23.4 Å². The highest BCUT2D eigenvalue weighted by molar-refractivity contribution is 9.10. The van der Waals surface area contributed by atoms with Gasteiger partial charge in [-0.15, -0.1) is 0 Å². The zero-order valence-corrected chi connectivity index (χ0v) is 30.8. The molecule has 0 saturated carbocycles. The molecule has 0 aromatic heterocycles.